The number of esters is 1. The van der Waals surface area contributed by atoms with Crippen molar-refractivity contribution in [1.82, 2.24) is 4.90 Å². The van der Waals surface area contributed by atoms with E-state index in [4.69, 9.17) is 14.2 Å². The van der Waals surface area contributed by atoms with Gasteiger partial charge < -0.3 is 24.1 Å². The number of carbonyl (C=O) groups is 2. The Morgan fingerprint density at radius 3 is 2.12 bits per heavy atom. The third-order valence-corrected chi connectivity index (χ3v) is 3.65. The van der Waals surface area contributed by atoms with E-state index in [1.54, 1.807) is 0 Å². The van der Waals surface area contributed by atoms with Crippen LogP contribution in [0.3, 0.4) is 0 Å². The van der Waals surface area contributed by atoms with E-state index in [1.807, 2.05) is 0 Å². The van der Waals surface area contributed by atoms with Crippen LogP contribution in [0.25, 0.3) is 0 Å². The fraction of sp³-hybridized carbons (Fsp3) is 0.375. The molecule has 0 spiro atoms. The van der Waals surface area contributed by atoms with Crippen molar-refractivity contribution >= 4 is 11.9 Å². The summed E-state index contributed by atoms with van der Waals surface area (Å²) in [6.07, 6.45) is 1.22. The topological polar surface area (TPSA) is 94.5 Å². The molecule has 1 aliphatic heterocycles. The molecule has 1 N–H and O–H groups in total. The molecule has 0 aliphatic carbocycles. The molecular weight excluding hydrogens is 318 g/mol. The van der Waals surface area contributed by atoms with Crippen LogP contribution in [0.15, 0.2) is 24.1 Å². The maximum atomic E-state index is 12.8. The fourth-order valence-corrected chi connectivity index (χ4v) is 2.49. The Morgan fingerprint density at radius 2 is 1.67 bits per heavy atom. The molecule has 0 saturated heterocycles. The van der Waals surface area contributed by atoms with Crippen molar-refractivity contribution in [2.75, 3.05) is 28.4 Å². The summed E-state index contributed by atoms with van der Waals surface area (Å²) in [6, 6.07) is 2.03. The van der Waals surface area contributed by atoms with Gasteiger partial charge in [0.2, 0.25) is 5.75 Å². The van der Waals surface area contributed by atoms with Crippen LogP contribution in [-0.2, 0) is 9.53 Å². The van der Waals surface area contributed by atoms with E-state index < -0.39 is 17.9 Å². The molecule has 0 saturated carbocycles. The van der Waals surface area contributed by atoms with Crippen LogP contribution in [-0.4, -0.2) is 56.4 Å². The highest BCUT2D eigenvalue weighted by atomic mass is 16.5. The quantitative estimate of drug-likeness (QED) is 0.814. The molecule has 8 heteroatoms. The average molecular weight is 337 g/mol. The van der Waals surface area contributed by atoms with Gasteiger partial charge in [0.25, 0.3) is 5.91 Å². The summed E-state index contributed by atoms with van der Waals surface area (Å²) < 4.78 is 20.3. The van der Waals surface area contributed by atoms with Crippen molar-refractivity contribution in [2.24, 2.45) is 0 Å². The zero-order valence-corrected chi connectivity index (χ0v) is 13.9. The maximum Gasteiger partial charge on any atom is 0.329 e. The molecule has 2 rings (SSSR count). The summed E-state index contributed by atoms with van der Waals surface area (Å²) in [6.45, 7) is 0. The zero-order valence-electron chi connectivity index (χ0n) is 13.9. The van der Waals surface area contributed by atoms with Gasteiger partial charge in [0.15, 0.2) is 11.5 Å². The zero-order chi connectivity index (χ0) is 17.9. The molecule has 0 aromatic heterocycles. The van der Waals surface area contributed by atoms with Gasteiger partial charge in [-0.2, -0.15) is 0 Å². The highest BCUT2D eigenvalue weighted by Crippen LogP contribution is 2.39. The first-order valence-corrected chi connectivity index (χ1v) is 7.07. The number of rotatable bonds is 5. The number of carbonyl (C=O) groups excluding carboxylic acids is 2. The highest BCUT2D eigenvalue weighted by molar-refractivity contribution is 5.99. The monoisotopic (exact) mass is 337 g/mol. The fourth-order valence-electron chi connectivity index (χ4n) is 2.49. The summed E-state index contributed by atoms with van der Waals surface area (Å²) in [5.74, 6) is -0.235. The van der Waals surface area contributed by atoms with Gasteiger partial charge in [-0.25, -0.2) is 4.79 Å². The minimum absolute atomic E-state index is 0.00282. The third-order valence-electron chi connectivity index (χ3n) is 3.65. The second-order valence-electron chi connectivity index (χ2n) is 4.99. The molecule has 1 amide bonds. The van der Waals surface area contributed by atoms with Gasteiger partial charge in [-0.15, -0.1) is 0 Å². The minimum Gasteiger partial charge on any atom is -0.511 e. The third kappa shape index (κ3) is 3.08. The van der Waals surface area contributed by atoms with E-state index in [1.165, 1.54) is 46.8 Å². The molecule has 1 aromatic carbocycles. The number of aliphatic hydroxyl groups excluding tert-OH is 1. The van der Waals surface area contributed by atoms with E-state index in [2.05, 4.69) is 4.74 Å². The number of ether oxygens (including phenoxy) is 4. The van der Waals surface area contributed by atoms with Crippen molar-refractivity contribution in [3.63, 3.8) is 0 Å². The molecule has 1 aliphatic rings. The van der Waals surface area contributed by atoms with Gasteiger partial charge in [-0.1, -0.05) is 0 Å². The molecule has 8 nitrogen and oxygen atoms in total. The maximum absolute atomic E-state index is 12.8. The molecule has 1 unspecified atom stereocenters. The molecule has 1 heterocycles. The van der Waals surface area contributed by atoms with Crippen LogP contribution < -0.4 is 14.2 Å². The van der Waals surface area contributed by atoms with Crippen LogP contribution in [0.4, 0.5) is 0 Å². The molecule has 1 atom stereocenters. The van der Waals surface area contributed by atoms with Gasteiger partial charge in [-0.05, 0) is 12.1 Å². The Labute approximate surface area is 139 Å². The van der Waals surface area contributed by atoms with Crippen LogP contribution in [0, 0.1) is 0 Å². The van der Waals surface area contributed by atoms with Crippen molar-refractivity contribution in [3.05, 3.63) is 29.7 Å². The lowest BCUT2D eigenvalue weighted by atomic mass is 10.1. The van der Waals surface area contributed by atoms with Gasteiger partial charge in [0.05, 0.1) is 28.4 Å². The largest absolute Gasteiger partial charge is 0.511 e. The van der Waals surface area contributed by atoms with Crippen molar-refractivity contribution in [2.45, 2.75) is 12.5 Å². The predicted molar refractivity (Wildman–Crippen MR) is 83.4 cm³/mol. The summed E-state index contributed by atoms with van der Waals surface area (Å²) in [4.78, 5) is 25.7. The lowest BCUT2D eigenvalue weighted by Gasteiger charge is -2.22. The molecule has 0 bridgehead atoms. The highest BCUT2D eigenvalue weighted by Gasteiger charge is 2.36. The van der Waals surface area contributed by atoms with E-state index in [9.17, 15) is 14.7 Å². The number of methoxy groups -OCH3 is 4. The molecule has 0 radical (unpaired) electrons. The first-order chi connectivity index (χ1) is 11.5. The lowest BCUT2D eigenvalue weighted by molar-refractivity contribution is -0.144. The van der Waals surface area contributed by atoms with Crippen LogP contribution in [0.1, 0.15) is 16.8 Å². The first kappa shape index (κ1) is 17.5. The number of hydrogen-bond acceptors (Lipinski definition) is 7. The second kappa shape index (κ2) is 7.12. The second-order valence-corrected chi connectivity index (χ2v) is 4.99. The lowest BCUT2D eigenvalue weighted by Crippen LogP contribution is -2.39. The van der Waals surface area contributed by atoms with Crippen LogP contribution >= 0.6 is 0 Å². The Kier molecular flexibility index (Phi) is 5.18. The smallest absolute Gasteiger partial charge is 0.329 e. The van der Waals surface area contributed by atoms with E-state index in [0.717, 1.165) is 4.90 Å². The van der Waals surface area contributed by atoms with Crippen LogP contribution in [0.5, 0.6) is 17.2 Å². The Bertz CT molecular complexity index is 658. The number of nitrogens with zero attached hydrogens (tertiary/aromatic N) is 1. The van der Waals surface area contributed by atoms with E-state index in [0.29, 0.717) is 17.2 Å². The summed E-state index contributed by atoms with van der Waals surface area (Å²) in [7, 11) is 5.55. The minimum atomic E-state index is -0.915. The van der Waals surface area contributed by atoms with Gasteiger partial charge in [0, 0.05) is 18.2 Å². The number of aliphatic hydroxyl groups is 1. The molecule has 24 heavy (non-hydrogen) atoms. The van der Waals surface area contributed by atoms with Crippen LogP contribution in [0.2, 0.25) is 0 Å². The Balaban J connectivity index is 2.43. The normalized spacial score (nSPS) is 16.4. The van der Waals surface area contributed by atoms with Crippen molar-refractivity contribution < 1.29 is 33.6 Å². The Hall–Kier alpha value is -2.90. The van der Waals surface area contributed by atoms with Gasteiger partial charge >= 0.3 is 5.97 Å². The summed E-state index contributed by atoms with van der Waals surface area (Å²) in [5, 5.41) is 9.68. The van der Waals surface area contributed by atoms with E-state index in [-0.39, 0.29) is 17.7 Å². The van der Waals surface area contributed by atoms with Gasteiger partial charge in [-0.3, -0.25) is 9.69 Å². The average Bonchev–Trinajstić information content (AvgIpc) is 3.00. The SMILES string of the molecule is COC(=O)C1CC(O)=CN1C(=O)c1cc(OC)c(OC)c(OC)c1. The molecule has 1 aromatic rings. The molecule has 130 valence electrons. The first-order valence-electron chi connectivity index (χ1n) is 7.07. The number of hydrogen-bond donors (Lipinski definition) is 1. The standard InChI is InChI=1S/C16H19NO7/c1-21-12-5-9(6-13(22-2)14(12)23-3)15(19)17-8-10(18)7-11(17)16(20)24-4/h5-6,8,11,18H,7H2,1-4H3. The molecular formula is C16H19NO7. The number of amides is 1. The van der Waals surface area contributed by atoms with E-state index >= 15 is 0 Å². The van der Waals surface area contributed by atoms with Crippen molar-refractivity contribution in [3.8, 4) is 17.2 Å². The molecule has 0 fully saturated rings. The van der Waals surface area contributed by atoms with Gasteiger partial charge in [0.1, 0.15) is 11.8 Å². The predicted octanol–water partition coefficient (Wildman–Crippen LogP) is 1.50. The number of benzene rings is 1. The Morgan fingerprint density at radius 1 is 1.08 bits per heavy atom. The van der Waals surface area contributed by atoms with Crippen molar-refractivity contribution in [1.29, 1.82) is 0 Å². The summed E-state index contributed by atoms with van der Waals surface area (Å²) >= 11 is 0. The summed E-state index contributed by atoms with van der Waals surface area (Å²) in [5.41, 5.74) is 0.212.